The fourth-order valence-electron chi connectivity index (χ4n) is 2.10. The van der Waals surface area contributed by atoms with Crippen molar-refractivity contribution in [1.29, 1.82) is 0 Å². The lowest BCUT2D eigenvalue weighted by Gasteiger charge is -2.17. The van der Waals surface area contributed by atoms with Gasteiger partial charge in [0.05, 0.1) is 0 Å². The summed E-state index contributed by atoms with van der Waals surface area (Å²) in [4.78, 5) is 3.96. The first-order valence-corrected chi connectivity index (χ1v) is 6.22. The molecule has 1 N–H and O–H groups in total. The molecule has 19 heavy (non-hydrogen) atoms. The standard InChI is InChI=1S/C15H16F2N2/c1-18-15(5-2-11-6-8-19-9-7-11)13-4-3-12(16)10-14(13)17/h3-4,6-10,15,18H,2,5H2,1H3. The second-order valence-corrected chi connectivity index (χ2v) is 4.40. The largest absolute Gasteiger partial charge is 0.313 e. The molecule has 2 nitrogen and oxygen atoms in total. The smallest absolute Gasteiger partial charge is 0.130 e. The first-order chi connectivity index (χ1) is 9.20. The Morgan fingerprint density at radius 1 is 1.16 bits per heavy atom. The third kappa shape index (κ3) is 3.58. The van der Waals surface area contributed by atoms with Gasteiger partial charge >= 0.3 is 0 Å². The van der Waals surface area contributed by atoms with Gasteiger partial charge in [-0.2, -0.15) is 0 Å². The van der Waals surface area contributed by atoms with Crippen molar-refractivity contribution >= 4 is 0 Å². The molecule has 0 spiro atoms. The lowest BCUT2D eigenvalue weighted by atomic mass is 9.99. The molecule has 4 heteroatoms. The highest BCUT2D eigenvalue weighted by atomic mass is 19.1. The number of aromatic nitrogens is 1. The van der Waals surface area contributed by atoms with Gasteiger partial charge in [0.25, 0.3) is 0 Å². The molecular formula is C15H16F2N2. The zero-order valence-electron chi connectivity index (χ0n) is 10.7. The number of hydrogen-bond acceptors (Lipinski definition) is 2. The number of nitrogens with one attached hydrogen (secondary N) is 1. The van der Waals surface area contributed by atoms with Gasteiger partial charge in [-0.15, -0.1) is 0 Å². The van der Waals surface area contributed by atoms with Crippen LogP contribution in [0.4, 0.5) is 8.78 Å². The Labute approximate surface area is 111 Å². The highest BCUT2D eigenvalue weighted by Gasteiger charge is 2.14. The fraction of sp³-hybridized carbons (Fsp3) is 0.267. The van der Waals surface area contributed by atoms with E-state index in [2.05, 4.69) is 10.3 Å². The van der Waals surface area contributed by atoms with E-state index in [1.165, 1.54) is 12.1 Å². The molecule has 100 valence electrons. The van der Waals surface area contributed by atoms with Gasteiger partial charge in [-0.05, 0) is 43.7 Å². The van der Waals surface area contributed by atoms with E-state index >= 15 is 0 Å². The third-order valence-corrected chi connectivity index (χ3v) is 3.16. The predicted octanol–water partition coefficient (Wildman–Crippen LogP) is 3.25. The summed E-state index contributed by atoms with van der Waals surface area (Å²) >= 11 is 0. The van der Waals surface area contributed by atoms with Crippen molar-refractivity contribution in [3.05, 3.63) is 65.5 Å². The van der Waals surface area contributed by atoms with E-state index in [9.17, 15) is 8.78 Å². The van der Waals surface area contributed by atoms with Crippen LogP contribution in [0, 0.1) is 11.6 Å². The van der Waals surface area contributed by atoms with Crippen molar-refractivity contribution < 1.29 is 8.78 Å². The Bertz CT molecular complexity index is 529. The zero-order chi connectivity index (χ0) is 13.7. The summed E-state index contributed by atoms with van der Waals surface area (Å²) in [5.41, 5.74) is 1.65. The van der Waals surface area contributed by atoms with E-state index in [4.69, 9.17) is 0 Å². The minimum atomic E-state index is -0.551. The summed E-state index contributed by atoms with van der Waals surface area (Å²) in [6.45, 7) is 0. The quantitative estimate of drug-likeness (QED) is 0.894. The van der Waals surface area contributed by atoms with Crippen molar-refractivity contribution in [3.63, 3.8) is 0 Å². The van der Waals surface area contributed by atoms with Gasteiger partial charge in [0.15, 0.2) is 0 Å². The summed E-state index contributed by atoms with van der Waals surface area (Å²) in [7, 11) is 1.78. The molecule has 2 aromatic rings. The second-order valence-electron chi connectivity index (χ2n) is 4.40. The maximum atomic E-state index is 13.7. The van der Waals surface area contributed by atoms with Crippen LogP contribution in [0.25, 0.3) is 0 Å². The van der Waals surface area contributed by atoms with E-state index in [0.29, 0.717) is 5.56 Å². The van der Waals surface area contributed by atoms with E-state index in [1.54, 1.807) is 19.4 Å². The summed E-state index contributed by atoms with van der Waals surface area (Å²) in [6, 6.07) is 7.45. The van der Waals surface area contributed by atoms with Crippen LogP contribution >= 0.6 is 0 Å². The molecule has 0 aliphatic rings. The van der Waals surface area contributed by atoms with E-state index in [-0.39, 0.29) is 6.04 Å². The van der Waals surface area contributed by atoms with E-state index < -0.39 is 11.6 Å². The monoisotopic (exact) mass is 262 g/mol. The highest BCUT2D eigenvalue weighted by Crippen LogP contribution is 2.22. The Morgan fingerprint density at radius 2 is 1.89 bits per heavy atom. The van der Waals surface area contributed by atoms with Crippen LogP contribution in [0.1, 0.15) is 23.6 Å². The molecule has 0 saturated heterocycles. The van der Waals surface area contributed by atoms with Gasteiger partial charge in [-0.3, -0.25) is 4.98 Å². The summed E-state index contributed by atoms with van der Waals surface area (Å²) < 4.78 is 26.6. The van der Waals surface area contributed by atoms with Crippen LogP contribution in [-0.2, 0) is 6.42 Å². The molecule has 0 fully saturated rings. The van der Waals surface area contributed by atoms with Gasteiger partial charge in [0.1, 0.15) is 11.6 Å². The zero-order valence-corrected chi connectivity index (χ0v) is 10.7. The first-order valence-electron chi connectivity index (χ1n) is 6.22. The maximum absolute atomic E-state index is 13.7. The lowest BCUT2D eigenvalue weighted by Crippen LogP contribution is -2.18. The van der Waals surface area contributed by atoms with Gasteiger partial charge < -0.3 is 5.32 Å². The number of halogens is 2. The van der Waals surface area contributed by atoms with Crippen LogP contribution in [0.5, 0.6) is 0 Å². The van der Waals surface area contributed by atoms with Crippen molar-refractivity contribution in [2.45, 2.75) is 18.9 Å². The second kappa shape index (κ2) is 6.38. The molecule has 0 aliphatic heterocycles. The SMILES string of the molecule is CNC(CCc1ccncc1)c1ccc(F)cc1F. The molecule has 1 aromatic heterocycles. The van der Waals surface area contributed by atoms with Gasteiger partial charge in [-0.25, -0.2) is 8.78 Å². The van der Waals surface area contributed by atoms with Crippen molar-refractivity contribution in [2.75, 3.05) is 7.05 Å². The Kier molecular flexibility index (Phi) is 4.58. The number of nitrogens with zero attached hydrogens (tertiary/aromatic N) is 1. The van der Waals surface area contributed by atoms with Crippen LogP contribution in [-0.4, -0.2) is 12.0 Å². The Hall–Kier alpha value is -1.81. The molecule has 1 unspecified atom stereocenters. The molecule has 1 aromatic carbocycles. The number of pyridine rings is 1. The molecule has 2 rings (SSSR count). The minimum Gasteiger partial charge on any atom is -0.313 e. The number of hydrogen-bond donors (Lipinski definition) is 1. The normalized spacial score (nSPS) is 12.4. The van der Waals surface area contributed by atoms with Gasteiger partial charge in [0.2, 0.25) is 0 Å². The summed E-state index contributed by atoms with van der Waals surface area (Å²) in [6.07, 6.45) is 5.03. The molecule has 0 bridgehead atoms. The minimum absolute atomic E-state index is 0.131. The van der Waals surface area contributed by atoms with E-state index in [1.807, 2.05) is 12.1 Å². The van der Waals surface area contributed by atoms with Crippen LogP contribution in [0.3, 0.4) is 0 Å². The van der Waals surface area contributed by atoms with Crippen molar-refractivity contribution in [1.82, 2.24) is 10.3 Å². The molecule has 0 radical (unpaired) electrons. The Balaban J connectivity index is 2.08. The molecule has 1 heterocycles. The summed E-state index contributed by atoms with van der Waals surface area (Å²) in [5, 5.41) is 3.07. The van der Waals surface area contributed by atoms with Gasteiger partial charge in [-0.1, -0.05) is 6.07 Å². The number of benzene rings is 1. The number of aryl methyl sites for hydroxylation is 1. The predicted molar refractivity (Wildman–Crippen MR) is 70.7 cm³/mol. The van der Waals surface area contributed by atoms with Crippen molar-refractivity contribution in [2.24, 2.45) is 0 Å². The number of rotatable bonds is 5. The van der Waals surface area contributed by atoms with Crippen molar-refractivity contribution in [3.8, 4) is 0 Å². The average molecular weight is 262 g/mol. The summed E-state index contributed by atoms with van der Waals surface area (Å²) in [5.74, 6) is -1.06. The molecule has 0 amide bonds. The fourth-order valence-corrected chi connectivity index (χ4v) is 2.10. The van der Waals surface area contributed by atoms with Gasteiger partial charge in [0, 0.05) is 30.1 Å². The third-order valence-electron chi connectivity index (χ3n) is 3.16. The molecular weight excluding hydrogens is 246 g/mol. The van der Waals surface area contributed by atoms with Crippen LogP contribution < -0.4 is 5.32 Å². The molecule has 1 atom stereocenters. The average Bonchev–Trinajstić information content (AvgIpc) is 2.42. The lowest BCUT2D eigenvalue weighted by molar-refractivity contribution is 0.501. The molecule has 0 aliphatic carbocycles. The highest BCUT2D eigenvalue weighted by molar-refractivity contribution is 5.22. The molecule has 0 saturated carbocycles. The first kappa shape index (κ1) is 13.6. The van der Waals surface area contributed by atoms with Crippen LogP contribution in [0.2, 0.25) is 0 Å². The van der Waals surface area contributed by atoms with E-state index in [0.717, 1.165) is 24.5 Å². The maximum Gasteiger partial charge on any atom is 0.130 e. The Morgan fingerprint density at radius 3 is 2.53 bits per heavy atom. The van der Waals surface area contributed by atoms with Crippen LogP contribution in [0.15, 0.2) is 42.7 Å². The topological polar surface area (TPSA) is 24.9 Å².